The van der Waals surface area contributed by atoms with E-state index in [4.69, 9.17) is 9.47 Å². The Bertz CT molecular complexity index is 747. The van der Waals surface area contributed by atoms with Gasteiger partial charge in [-0.3, -0.25) is 4.79 Å². The maximum atomic E-state index is 12.0. The minimum atomic E-state index is -0.457. The molecule has 2 aliphatic rings. The molecule has 22 heavy (non-hydrogen) atoms. The van der Waals surface area contributed by atoms with Crippen molar-refractivity contribution in [3.05, 3.63) is 23.8 Å². The Labute approximate surface area is 127 Å². The molecule has 1 aromatic carbocycles. The van der Waals surface area contributed by atoms with Gasteiger partial charge in [0.2, 0.25) is 0 Å². The summed E-state index contributed by atoms with van der Waals surface area (Å²) in [4.78, 5) is 28.1. The van der Waals surface area contributed by atoms with Gasteiger partial charge in [0, 0.05) is 0 Å². The van der Waals surface area contributed by atoms with Gasteiger partial charge in [-0.1, -0.05) is 6.92 Å². The van der Waals surface area contributed by atoms with Crippen LogP contribution in [0, 0.1) is 0 Å². The molecule has 112 valence electrons. The van der Waals surface area contributed by atoms with Crippen LogP contribution < -0.4 is 9.47 Å². The lowest BCUT2D eigenvalue weighted by Gasteiger charge is -2.14. The second-order valence-electron chi connectivity index (χ2n) is 4.61. The van der Waals surface area contributed by atoms with Crippen molar-refractivity contribution in [2.75, 3.05) is 13.7 Å². The number of rotatable bonds is 5. The van der Waals surface area contributed by atoms with Gasteiger partial charge in [0.25, 0.3) is 0 Å². The van der Waals surface area contributed by atoms with Gasteiger partial charge in [0.15, 0.2) is 17.4 Å². The summed E-state index contributed by atoms with van der Waals surface area (Å²) >= 11 is 0. The van der Waals surface area contributed by atoms with Gasteiger partial charge in [-0.05, 0) is 24.6 Å². The molecule has 0 bridgehead atoms. The zero-order valence-electron chi connectivity index (χ0n) is 12.2. The van der Waals surface area contributed by atoms with Gasteiger partial charge in [-0.25, -0.2) is 15.0 Å². The summed E-state index contributed by atoms with van der Waals surface area (Å²) < 4.78 is 10.9. The molecule has 7 heteroatoms. The van der Waals surface area contributed by atoms with Crippen LogP contribution in [0.25, 0.3) is 0 Å². The van der Waals surface area contributed by atoms with Crippen LogP contribution in [0.3, 0.4) is 0 Å². The van der Waals surface area contributed by atoms with Crippen molar-refractivity contribution in [1.82, 2.24) is 0 Å². The summed E-state index contributed by atoms with van der Waals surface area (Å²) in [5.74, 6) is 1.30. The molecule has 3 rings (SSSR count). The van der Waals surface area contributed by atoms with Gasteiger partial charge < -0.3 is 9.47 Å². The molecule has 0 unspecified atom stereocenters. The zero-order valence-corrected chi connectivity index (χ0v) is 12.2. The fourth-order valence-electron chi connectivity index (χ4n) is 2.04. The van der Waals surface area contributed by atoms with Gasteiger partial charge in [-0.15, -0.1) is 0 Å². The molecule has 2 heterocycles. The van der Waals surface area contributed by atoms with Crippen molar-refractivity contribution in [3.8, 4) is 11.5 Å². The van der Waals surface area contributed by atoms with Crippen LogP contribution in [-0.4, -0.2) is 43.3 Å². The van der Waals surface area contributed by atoms with Crippen LogP contribution in [0.15, 0.2) is 38.2 Å². The third kappa shape index (κ3) is 2.52. The first-order valence-corrected chi connectivity index (χ1v) is 6.86. The lowest BCUT2D eigenvalue weighted by Crippen LogP contribution is -2.26. The smallest absolute Gasteiger partial charge is 0.301 e. The van der Waals surface area contributed by atoms with Gasteiger partial charge in [0.1, 0.15) is 17.8 Å². The molecule has 0 radical (unpaired) electrons. The van der Waals surface area contributed by atoms with Crippen molar-refractivity contribution >= 4 is 29.6 Å². The monoisotopic (exact) mass is 298 g/mol. The zero-order chi connectivity index (χ0) is 15.5. The summed E-state index contributed by atoms with van der Waals surface area (Å²) in [6, 6.07) is 5.30. The molecule has 0 spiro atoms. The average Bonchev–Trinajstić information content (AvgIpc) is 3.02. The van der Waals surface area contributed by atoms with Crippen LogP contribution >= 0.6 is 0 Å². The highest BCUT2D eigenvalue weighted by Gasteiger charge is 2.27. The maximum absolute atomic E-state index is 12.0. The number of benzene rings is 1. The molecule has 0 saturated carbocycles. The largest absolute Gasteiger partial charge is 0.497 e. The molecule has 1 aromatic rings. The third-order valence-corrected chi connectivity index (χ3v) is 3.09. The number of aliphatic imine (C=N–C) groups is 4. The van der Waals surface area contributed by atoms with Crippen molar-refractivity contribution in [2.45, 2.75) is 13.3 Å². The summed E-state index contributed by atoms with van der Waals surface area (Å²) in [6.45, 7) is 2.57. The highest BCUT2D eigenvalue weighted by molar-refractivity contribution is 6.71. The number of carbonyl (C=O) groups excluding carboxylic acids is 1. The van der Waals surface area contributed by atoms with Crippen LogP contribution in [0.5, 0.6) is 11.5 Å². The molecule has 0 saturated heterocycles. The second-order valence-corrected chi connectivity index (χ2v) is 4.61. The Morgan fingerprint density at radius 1 is 1.18 bits per heavy atom. The molecule has 0 N–H and O–H groups in total. The molecular weight excluding hydrogens is 284 g/mol. The number of fused-ring (bicyclic) bond motifs is 1. The Balaban J connectivity index is 2.04. The lowest BCUT2D eigenvalue weighted by atomic mass is 10.1. The number of amides is 1. The van der Waals surface area contributed by atoms with Crippen molar-refractivity contribution < 1.29 is 14.3 Å². The standard InChI is InChI=1S/C15H14N4O3/c1-3-6-22-11-5-4-9(21-2)7-10(11)13-18-14-12(15(20)19-13)16-8-17-14/h4-5,7-8H,3,6H2,1-2H3. The Kier molecular flexibility index (Phi) is 3.78. The van der Waals surface area contributed by atoms with Crippen LogP contribution in [0.1, 0.15) is 18.9 Å². The van der Waals surface area contributed by atoms with Crippen molar-refractivity contribution in [1.29, 1.82) is 0 Å². The van der Waals surface area contributed by atoms with Gasteiger partial charge in [-0.2, -0.15) is 4.99 Å². The first-order chi connectivity index (χ1) is 10.7. The SMILES string of the molecule is CCCOc1ccc(OC)cc1C1=NC(=O)C2=NC=NC2=N1. The van der Waals surface area contributed by atoms with E-state index in [1.54, 1.807) is 25.3 Å². The minimum Gasteiger partial charge on any atom is -0.497 e. The predicted molar refractivity (Wildman–Crippen MR) is 83.7 cm³/mol. The van der Waals surface area contributed by atoms with E-state index < -0.39 is 5.91 Å². The normalized spacial score (nSPS) is 15.9. The molecule has 0 atom stereocenters. The number of nitrogens with zero attached hydrogens (tertiary/aromatic N) is 4. The van der Waals surface area contributed by atoms with E-state index in [-0.39, 0.29) is 17.4 Å². The van der Waals surface area contributed by atoms with Crippen molar-refractivity contribution in [2.24, 2.45) is 20.0 Å². The van der Waals surface area contributed by atoms with Crippen molar-refractivity contribution in [3.63, 3.8) is 0 Å². The fourth-order valence-corrected chi connectivity index (χ4v) is 2.04. The topological polar surface area (TPSA) is 85.0 Å². The number of amidine groups is 2. The Morgan fingerprint density at radius 2 is 2.05 bits per heavy atom. The predicted octanol–water partition coefficient (Wildman–Crippen LogP) is 1.65. The summed E-state index contributed by atoms with van der Waals surface area (Å²) in [7, 11) is 1.57. The van der Waals surface area contributed by atoms with Gasteiger partial charge >= 0.3 is 5.91 Å². The molecular formula is C15H14N4O3. The molecule has 1 amide bonds. The minimum absolute atomic E-state index is 0.169. The Morgan fingerprint density at radius 3 is 2.82 bits per heavy atom. The summed E-state index contributed by atoms with van der Waals surface area (Å²) in [5.41, 5.74) is 0.762. The molecule has 0 aromatic heterocycles. The van der Waals surface area contributed by atoms with E-state index in [1.807, 2.05) is 6.92 Å². The number of ether oxygens (including phenoxy) is 2. The number of carbonyl (C=O) groups is 1. The summed E-state index contributed by atoms with van der Waals surface area (Å²) in [5, 5.41) is 0. The van der Waals surface area contributed by atoms with E-state index in [0.29, 0.717) is 23.7 Å². The average molecular weight is 298 g/mol. The lowest BCUT2D eigenvalue weighted by molar-refractivity contribution is -0.111. The molecule has 0 aliphatic carbocycles. The summed E-state index contributed by atoms with van der Waals surface area (Å²) in [6.07, 6.45) is 2.16. The second kappa shape index (κ2) is 5.88. The quantitative estimate of drug-likeness (QED) is 0.828. The first kappa shape index (κ1) is 14.1. The van der Waals surface area contributed by atoms with E-state index in [2.05, 4.69) is 20.0 Å². The Hall–Kier alpha value is -2.83. The van der Waals surface area contributed by atoms with E-state index >= 15 is 0 Å². The van der Waals surface area contributed by atoms with E-state index in [0.717, 1.165) is 6.42 Å². The van der Waals surface area contributed by atoms with Crippen LogP contribution in [0.4, 0.5) is 0 Å². The number of hydrogen-bond donors (Lipinski definition) is 0. The highest BCUT2D eigenvalue weighted by Crippen LogP contribution is 2.27. The van der Waals surface area contributed by atoms with Gasteiger partial charge in [0.05, 0.1) is 19.3 Å². The van der Waals surface area contributed by atoms with Crippen LogP contribution in [0.2, 0.25) is 0 Å². The number of methoxy groups -OCH3 is 1. The maximum Gasteiger partial charge on any atom is 0.301 e. The fraction of sp³-hybridized carbons (Fsp3) is 0.267. The van der Waals surface area contributed by atoms with Crippen LogP contribution in [-0.2, 0) is 4.79 Å². The van der Waals surface area contributed by atoms with E-state index in [9.17, 15) is 4.79 Å². The first-order valence-electron chi connectivity index (χ1n) is 6.86. The molecule has 0 fully saturated rings. The highest BCUT2D eigenvalue weighted by atomic mass is 16.5. The molecule has 7 nitrogen and oxygen atoms in total. The number of hydrogen-bond acceptors (Lipinski definition) is 6. The third-order valence-electron chi connectivity index (χ3n) is 3.09. The van der Waals surface area contributed by atoms with E-state index in [1.165, 1.54) is 6.34 Å². The molecule has 2 aliphatic heterocycles.